The van der Waals surface area contributed by atoms with Crippen LogP contribution in [0.5, 0.6) is 5.75 Å². The van der Waals surface area contributed by atoms with Gasteiger partial charge in [0, 0.05) is 42.1 Å². The summed E-state index contributed by atoms with van der Waals surface area (Å²) < 4.78 is 19.6. The standard InChI is InChI=1S/C31H36FN5O5/c1-20-17-37(21(2)19-38)29(39)16-22-15-26(34-30(40)33-25-11-9-23(32)10-12-25)13-14-27(22)42-28(20)18-36(3)31(41)35-24-7-5-4-6-8-24/h4-15,20-21,28,38H,16-19H2,1-3H3,(H,35,41)(H2,33,34,40)/t20-,21+,28+/m0/s1. The third-order valence-corrected chi connectivity index (χ3v) is 7.10. The molecule has 1 heterocycles. The number of aliphatic hydroxyl groups excluding tert-OH is 1. The molecule has 0 aromatic heterocycles. The zero-order valence-electron chi connectivity index (χ0n) is 23.8. The van der Waals surface area contributed by atoms with E-state index in [0.29, 0.717) is 34.9 Å². The highest BCUT2D eigenvalue weighted by molar-refractivity contribution is 6.00. The molecule has 3 aromatic rings. The van der Waals surface area contributed by atoms with E-state index in [9.17, 15) is 23.9 Å². The Morgan fingerprint density at radius 1 is 1.02 bits per heavy atom. The molecule has 3 atom stereocenters. The molecule has 4 rings (SSSR count). The van der Waals surface area contributed by atoms with Gasteiger partial charge in [-0.25, -0.2) is 14.0 Å². The van der Waals surface area contributed by atoms with Crippen LogP contribution in [0.15, 0.2) is 72.8 Å². The molecule has 11 heteroatoms. The number of nitrogens with one attached hydrogen (secondary N) is 3. The Kier molecular flexibility index (Phi) is 9.98. The number of fused-ring (bicyclic) bond motifs is 1. The second kappa shape index (κ2) is 13.8. The molecular formula is C31H36FN5O5. The number of amides is 5. The van der Waals surface area contributed by atoms with Gasteiger partial charge in [-0.1, -0.05) is 25.1 Å². The predicted octanol–water partition coefficient (Wildman–Crippen LogP) is 4.78. The first-order chi connectivity index (χ1) is 20.1. The molecule has 3 aromatic carbocycles. The van der Waals surface area contributed by atoms with E-state index in [2.05, 4.69) is 16.0 Å². The van der Waals surface area contributed by atoms with Crippen molar-refractivity contribution >= 4 is 35.0 Å². The number of carbonyl (C=O) groups excluding carboxylic acids is 3. The molecule has 10 nitrogen and oxygen atoms in total. The third kappa shape index (κ3) is 7.97. The molecule has 42 heavy (non-hydrogen) atoms. The first-order valence-electron chi connectivity index (χ1n) is 13.7. The van der Waals surface area contributed by atoms with Crippen LogP contribution in [0, 0.1) is 11.7 Å². The van der Waals surface area contributed by atoms with E-state index < -0.39 is 24.0 Å². The van der Waals surface area contributed by atoms with E-state index in [1.165, 1.54) is 29.2 Å². The summed E-state index contributed by atoms with van der Waals surface area (Å²) in [5, 5.41) is 18.1. The van der Waals surface area contributed by atoms with Gasteiger partial charge in [-0.15, -0.1) is 0 Å². The molecule has 0 bridgehead atoms. The van der Waals surface area contributed by atoms with Crippen LogP contribution in [-0.2, 0) is 11.2 Å². The fourth-order valence-corrected chi connectivity index (χ4v) is 4.65. The Bertz CT molecular complexity index is 1390. The van der Waals surface area contributed by atoms with Crippen molar-refractivity contribution < 1.29 is 28.6 Å². The van der Waals surface area contributed by atoms with Gasteiger partial charge in [-0.05, 0) is 61.5 Å². The second-order valence-corrected chi connectivity index (χ2v) is 10.5. The molecule has 0 fully saturated rings. The minimum atomic E-state index is -0.537. The zero-order valence-corrected chi connectivity index (χ0v) is 23.8. The number of anilines is 3. The van der Waals surface area contributed by atoms with Crippen LogP contribution in [0.25, 0.3) is 0 Å². The molecular weight excluding hydrogens is 541 g/mol. The number of hydrogen-bond acceptors (Lipinski definition) is 5. The summed E-state index contributed by atoms with van der Waals surface area (Å²) in [4.78, 5) is 42.1. The topological polar surface area (TPSA) is 123 Å². The Hall–Kier alpha value is -4.64. The molecule has 1 aliphatic heterocycles. The molecule has 0 saturated carbocycles. The zero-order chi connectivity index (χ0) is 30.2. The van der Waals surface area contributed by atoms with Crippen molar-refractivity contribution in [3.63, 3.8) is 0 Å². The van der Waals surface area contributed by atoms with Crippen LogP contribution in [0.3, 0.4) is 0 Å². The smallest absolute Gasteiger partial charge is 0.323 e. The minimum Gasteiger partial charge on any atom is -0.488 e. The number of hydrogen-bond donors (Lipinski definition) is 4. The number of benzene rings is 3. The average molecular weight is 578 g/mol. The number of carbonyl (C=O) groups is 3. The van der Waals surface area contributed by atoms with Gasteiger partial charge in [0.05, 0.1) is 25.6 Å². The number of aliphatic hydroxyl groups is 1. The number of likely N-dealkylation sites (N-methyl/N-ethyl adjacent to an activating group) is 1. The lowest BCUT2D eigenvalue weighted by atomic mass is 10.0. The molecule has 0 radical (unpaired) electrons. The van der Waals surface area contributed by atoms with Gasteiger partial charge in [0.1, 0.15) is 17.7 Å². The lowest BCUT2D eigenvalue weighted by Crippen LogP contribution is -2.48. The van der Waals surface area contributed by atoms with Crippen LogP contribution < -0.4 is 20.7 Å². The molecule has 1 aliphatic rings. The van der Waals surface area contributed by atoms with Crippen molar-refractivity contribution in [2.75, 3.05) is 42.7 Å². The van der Waals surface area contributed by atoms with Gasteiger partial charge in [-0.3, -0.25) is 4.79 Å². The maximum atomic E-state index is 13.4. The van der Waals surface area contributed by atoms with Gasteiger partial charge < -0.3 is 35.6 Å². The quantitative estimate of drug-likeness (QED) is 0.322. The maximum absolute atomic E-state index is 13.4. The van der Waals surface area contributed by atoms with Crippen molar-refractivity contribution in [1.82, 2.24) is 9.80 Å². The highest BCUT2D eigenvalue weighted by atomic mass is 19.1. The predicted molar refractivity (Wildman–Crippen MR) is 159 cm³/mol. The first kappa shape index (κ1) is 30.3. The van der Waals surface area contributed by atoms with Gasteiger partial charge in [0.25, 0.3) is 0 Å². The first-order valence-corrected chi connectivity index (χ1v) is 13.7. The SMILES string of the molecule is C[C@H](CO)N1C[C@H](C)[C@@H](CN(C)C(=O)Nc2ccccc2)Oc2ccc(NC(=O)Nc3ccc(F)cc3)cc2CC1=O. The monoisotopic (exact) mass is 577 g/mol. The van der Waals surface area contributed by atoms with Gasteiger partial charge in [0.15, 0.2) is 0 Å². The molecule has 5 amide bonds. The maximum Gasteiger partial charge on any atom is 0.323 e. The summed E-state index contributed by atoms with van der Waals surface area (Å²) in [6.45, 7) is 4.06. The number of para-hydroxylation sites is 1. The second-order valence-electron chi connectivity index (χ2n) is 10.5. The number of urea groups is 2. The Balaban J connectivity index is 1.55. The van der Waals surface area contributed by atoms with Crippen molar-refractivity contribution in [3.8, 4) is 5.75 Å². The Labute approximate surface area is 244 Å². The van der Waals surface area contributed by atoms with E-state index in [4.69, 9.17) is 4.74 Å². The van der Waals surface area contributed by atoms with E-state index in [1.807, 2.05) is 25.1 Å². The summed E-state index contributed by atoms with van der Waals surface area (Å²) in [7, 11) is 1.67. The largest absolute Gasteiger partial charge is 0.488 e. The van der Waals surface area contributed by atoms with E-state index in [0.717, 1.165) is 0 Å². The summed E-state index contributed by atoms with van der Waals surface area (Å²) in [6, 6.07) is 18.2. The summed E-state index contributed by atoms with van der Waals surface area (Å²) in [5.74, 6) is -0.347. The van der Waals surface area contributed by atoms with Gasteiger partial charge in [0.2, 0.25) is 5.91 Å². The molecule has 4 N–H and O–H groups in total. The molecule has 0 unspecified atom stereocenters. The molecule has 0 saturated heterocycles. The normalized spacial score (nSPS) is 17.5. The number of rotatable bonds is 7. The third-order valence-electron chi connectivity index (χ3n) is 7.10. The highest BCUT2D eigenvalue weighted by Gasteiger charge is 2.32. The van der Waals surface area contributed by atoms with Crippen LogP contribution in [-0.4, -0.2) is 71.8 Å². The van der Waals surface area contributed by atoms with Crippen LogP contribution in [0.2, 0.25) is 0 Å². The van der Waals surface area contributed by atoms with Crippen LogP contribution in [0.1, 0.15) is 19.4 Å². The minimum absolute atomic E-state index is 0.0153. The van der Waals surface area contributed by atoms with Gasteiger partial charge >= 0.3 is 12.1 Å². The molecule has 0 aliphatic carbocycles. The summed E-state index contributed by atoms with van der Waals surface area (Å²) >= 11 is 0. The number of halogens is 1. The summed E-state index contributed by atoms with van der Waals surface area (Å²) in [5.41, 5.74) is 2.06. The Morgan fingerprint density at radius 3 is 2.36 bits per heavy atom. The van der Waals surface area contributed by atoms with E-state index in [-0.39, 0.29) is 37.4 Å². The number of nitrogens with zero attached hydrogens (tertiary/aromatic N) is 2. The lowest BCUT2D eigenvalue weighted by molar-refractivity contribution is -0.134. The molecule has 222 valence electrons. The van der Waals surface area contributed by atoms with Crippen LogP contribution >= 0.6 is 0 Å². The average Bonchev–Trinajstić information content (AvgIpc) is 3.01. The molecule has 0 spiro atoms. The van der Waals surface area contributed by atoms with Crippen LogP contribution in [0.4, 0.5) is 31.0 Å². The van der Waals surface area contributed by atoms with Crippen molar-refractivity contribution in [2.45, 2.75) is 32.4 Å². The Morgan fingerprint density at radius 2 is 1.67 bits per heavy atom. The van der Waals surface area contributed by atoms with Crippen molar-refractivity contribution in [1.29, 1.82) is 0 Å². The van der Waals surface area contributed by atoms with E-state index >= 15 is 0 Å². The lowest BCUT2D eigenvalue weighted by Gasteiger charge is -2.34. The number of ether oxygens (including phenoxy) is 1. The fraction of sp³-hybridized carbons (Fsp3) is 0.323. The van der Waals surface area contributed by atoms with Crippen molar-refractivity contribution in [2.24, 2.45) is 5.92 Å². The van der Waals surface area contributed by atoms with E-state index in [1.54, 1.807) is 49.2 Å². The van der Waals surface area contributed by atoms with Gasteiger partial charge in [-0.2, -0.15) is 0 Å². The summed E-state index contributed by atoms with van der Waals surface area (Å²) in [6.07, 6.45) is -0.506. The highest BCUT2D eigenvalue weighted by Crippen LogP contribution is 2.29. The fourth-order valence-electron chi connectivity index (χ4n) is 4.65. The van der Waals surface area contributed by atoms with Crippen molar-refractivity contribution in [3.05, 3.63) is 84.2 Å².